The fraction of sp³-hybridized carbons (Fsp3) is 0.650. The van der Waals surface area contributed by atoms with Gasteiger partial charge in [-0.05, 0) is 25.7 Å². The Morgan fingerprint density at radius 3 is 2.11 bits per heavy atom. The van der Waals surface area contributed by atoms with Gasteiger partial charge in [-0.1, -0.05) is 0 Å². The number of piperazine rings is 1. The smallest absolute Gasteiger partial charge is 0.172 e. The molecule has 0 spiro atoms. The second kappa shape index (κ2) is 8.45. The minimum absolute atomic E-state index is 0.291. The molecule has 0 aliphatic carbocycles. The van der Waals surface area contributed by atoms with E-state index < -0.39 is 0 Å². The summed E-state index contributed by atoms with van der Waals surface area (Å²) in [5.41, 5.74) is 2.55. The Bertz CT molecular complexity index is 777. The molecule has 4 rings (SSSR count). The van der Waals surface area contributed by atoms with E-state index >= 15 is 0 Å². The van der Waals surface area contributed by atoms with Crippen molar-refractivity contribution in [2.24, 2.45) is 13.0 Å². The standard InChI is InChI=1S/C20H31N7O/c1-16-18(13-23-24(16)2)14-25-9-11-27(12-10-25)20-19(21-5-6-22-20)26-7-3-17(15-28)4-8-26/h5-6,13,17,28H,3-4,7-12,14-15H2,1-2H3. The highest BCUT2D eigenvalue weighted by Gasteiger charge is 2.26. The van der Waals surface area contributed by atoms with Crippen LogP contribution >= 0.6 is 0 Å². The van der Waals surface area contributed by atoms with Crippen LogP contribution in [-0.2, 0) is 13.6 Å². The lowest BCUT2D eigenvalue weighted by atomic mass is 9.98. The minimum atomic E-state index is 0.291. The van der Waals surface area contributed by atoms with Crippen molar-refractivity contribution in [3.05, 3.63) is 29.8 Å². The molecule has 1 N–H and O–H groups in total. The van der Waals surface area contributed by atoms with Gasteiger partial charge in [0.2, 0.25) is 0 Å². The Morgan fingerprint density at radius 1 is 0.964 bits per heavy atom. The minimum Gasteiger partial charge on any atom is -0.396 e. The van der Waals surface area contributed by atoms with Crippen molar-refractivity contribution in [2.75, 3.05) is 55.7 Å². The van der Waals surface area contributed by atoms with E-state index in [4.69, 9.17) is 0 Å². The number of aliphatic hydroxyl groups is 1. The van der Waals surface area contributed by atoms with E-state index in [0.717, 1.165) is 70.3 Å². The van der Waals surface area contributed by atoms with Gasteiger partial charge in [-0.2, -0.15) is 5.10 Å². The second-order valence-electron chi connectivity index (χ2n) is 7.96. The van der Waals surface area contributed by atoms with Crippen LogP contribution in [0.1, 0.15) is 24.1 Å². The van der Waals surface area contributed by atoms with Crippen LogP contribution in [0.25, 0.3) is 0 Å². The summed E-state index contributed by atoms with van der Waals surface area (Å²) in [6, 6.07) is 0. The topological polar surface area (TPSA) is 73.6 Å². The molecule has 28 heavy (non-hydrogen) atoms. The van der Waals surface area contributed by atoms with E-state index in [0.29, 0.717) is 12.5 Å². The number of aryl methyl sites for hydroxylation is 1. The van der Waals surface area contributed by atoms with Crippen LogP contribution in [0.2, 0.25) is 0 Å². The van der Waals surface area contributed by atoms with Crippen molar-refractivity contribution in [1.82, 2.24) is 24.6 Å². The van der Waals surface area contributed by atoms with E-state index in [9.17, 15) is 5.11 Å². The van der Waals surface area contributed by atoms with Gasteiger partial charge in [-0.3, -0.25) is 9.58 Å². The van der Waals surface area contributed by atoms with Gasteiger partial charge in [-0.25, -0.2) is 9.97 Å². The third-order valence-electron chi connectivity index (χ3n) is 6.24. The molecule has 2 aliphatic rings. The van der Waals surface area contributed by atoms with Crippen molar-refractivity contribution in [3.63, 3.8) is 0 Å². The molecule has 152 valence electrons. The number of rotatable bonds is 5. The third kappa shape index (κ3) is 3.98. The Labute approximate surface area is 166 Å². The summed E-state index contributed by atoms with van der Waals surface area (Å²) in [6.45, 7) is 9.19. The molecule has 2 fully saturated rings. The first kappa shape index (κ1) is 19.1. The molecule has 8 heteroatoms. The molecule has 4 heterocycles. The number of piperidine rings is 1. The van der Waals surface area contributed by atoms with Gasteiger partial charge in [0.05, 0.1) is 6.20 Å². The first-order chi connectivity index (χ1) is 13.7. The predicted octanol–water partition coefficient (Wildman–Crippen LogP) is 1.05. The molecule has 0 unspecified atom stereocenters. The van der Waals surface area contributed by atoms with Crippen molar-refractivity contribution in [1.29, 1.82) is 0 Å². The highest BCUT2D eigenvalue weighted by Crippen LogP contribution is 2.29. The van der Waals surface area contributed by atoms with Crippen LogP contribution in [0.3, 0.4) is 0 Å². The molecule has 0 amide bonds. The maximum absolute atomic E-state index is 9.39. The van der Waals surface area contributed by atoms with E-state index in [1.165, 1.54) is 11.3 Å². The zero-order chi connectivity index (χ0) is 19.5. The van der Waals surface area contributed by atoms with Crippen LogP contribution < -0.4 is 9.80 Å². The van der Waals surface area contributed by atoms with Crippen LogP contribution in [0, 0.1) is 12.8 Å². The molecule has 2 saturated heterocycles. The van der Waals surface area contributed by atoms with Gasteiger partial charge in [0.25, 0.3) is 0 Å². The number of nitrogens with zero attached hydrogens (tertiary/aromatic N) is 7. The Balaban J connectivity index is 1.39. The monoisotopic (exact) mass is 385 g/mol. The number of aromatic nitrogens is 4. The summed E-state index contributed by atoms with van der Waals surface area (Å²) in [5.74, 6) is 2.42. The molecule has 8 nitrogen and oxygen atoms in total. The van der Waals surface area contributed by atoms with Crippen LogP contribution in [0.5, 0.6) is 0 Å². The van der Waals surface area contributed by atoms with E-state index in [-0.39, 0.29) is 0 Å². The van der Waals surface area contributed by atoms with Crippen LogP contribution in [0.4, 0.5) is 11.6 Å². The lowest BCUT2D eigenvalue weighted by molar-refractivity contribution is 0.202. The summed E-state index contributed by atoms with van der Waals surface area (Å²) in [5, 5.41) is 13.7. The molecule has 0 bridgehead atoms. The van der Waals surface area contributed by atoms with Gasteiger partial charge >= 0.3 is 0 Å². The Morgan fingerprint density at radius 2 is 1.57 bits per heavy atom. The Hall–Kier alpha value is -2.19. The summed E-state index contributed by atoms with van der Waals surface area (Å²) < 4.78 is 1.94. The van der Waals surface area contributed by atoms with Gasteiger partial charge in [0, 0.05) is 83.1 Å². The molecular weight excluding hydrogens is 354 g/mol. The number of anilines is 2. The first-order valence-electron chi connectivity index (χ1n) is 10.3. The lowest BCUT2D eigenvalue weighted by Crippen LogP contribution is -2.47. The normalized spacial score (nSPS) is 19.4. The van der Waals surface area contributed by atoms with Crippen LogP contribution in [-0.4, -0.2) is 75.6 Å². The average molecular weight is 386 g/mol. The van der Waals surface area contributed by atoms with E-state index in [1.807, 2.05) is 17.9 Å². The zero-order valence-corrected chi connectivity index (χ0v) is 17.0. The van der Waals surface area contributed by atoms with Crippen molar-refractivity contribution < 1.29 is 5.11 Å². The second-order valence-corrected chi connectivity index (χ2v) is 7.96. The summed E-state index contributed by atoms with van der Waals surface area (Å²) in [7, 11) is 2.00. The predicted molar refractivity (Wildman–Crippen MR) is 109 cm³/mol. The van der Waals surface area contributed by atoms with E-state index in [2.05, 4.69) is 36.7 Å². The van der Waals surface area contributed by atoms with Crippen molar-refractivity contribution in [3.8, 4) is 0 Å². The molecule has 0 saturated carbocycles. The van der Waals surface area contributed by atoms with E-state index in [1.54, 1.807) is 12.4 Å². The highest BCUT2D eigenvalue weighted by molar-refractivity contribution is 5.62. The van der Waals surface area contributed by atoms with Gasteiger partial charge in [0.1, 0.15) is 0 Å². The van der Waals surface area contributed by atoms with Crippen LogP contribution in [0.15, 0.2) is 18.6 Å². The molecule has 2 aliphatic heterocycles. The van der Waals surface area contributed by atoms with Crippen molar-refractivity contribution in [2.45, 2.75) is 26.3 Å². The zero-order valence-electron chi connectivity index (χ0n) is 17.0. The number of hydrogen-bond acceptors (Lipinski definition) is 7. The average Bonchev–Trinajstić information content (AvgIpc) is 3.06. The third-order valence-corrected chi connectivity index (χ3v) is 6.24. The number of hydrogen-bond donors (Lipinski definition) is 1. The molecular formula is C20H31N7O. The van der Waals surface area contributed by atoms with Gasteiger partial charge < -0.3 is 14.9 Å². The largest absolute Gasteiger partial charge is 0.396 e. The SMILES string of the molecule is Cc1c(CN2CCN(c3nccnc3N3CCC(CO)CC3)CC2)cnn1C. The maximum atomic E-state index is 9.39. The number of aliphatic hydroxyl groups excluding tert-OH is 1. The molecule has 2 aromatic rings. The Kier molecular flexibility index (Phi) is 5.77. The fourth-order valence-corrected chi connectivity index (χ4v) is 4.15. The molecule has 0 aromatic carbocycles. The van der Waals surface area contributed by atoms with Gasteiger partial charge in [0.15, 0.2) is 11.6 Å². The first-order valence-corrected chi connectivity index (χ1v) is 10.3. The van der Waals surface area contributed by atoms with Crippen molar-refractivity contribution >= 4 is 11.6 Å². The maximum Gasteiger partial charge on any atom is 0.172 e. The van der Waals surface area contributed by atoms with Gasteiger partial charge in [-0.15, -0.1) is 0 Å². The summed E-state index contributed by atoms with van der Waals surface area (Å²) in [6.07, 6.45) is 7.61. The summed E-state index contributed by atoms with van der Waals surface area (Å²) in [4.78, 5) is 16.5. The lowest BCUT2D eigenvalue weighted by Gasteiger charge is -2.38. The quantitative estimate of drug-likeness (QED) is 0.825. The highest BCUT2D eigenvalue weighted by atomic mass is 16.3. The molecule has 0 radical (unpaired) electrons. The molecule has 0 atom stereocenters. The summed E-state index contributed by atoms with van der Waals surface area (Å²) >= 11 is 0. The molecule has 2 aromatic heterocycles. The fourth-order valence-electron chi connectivity index (χ4n) is 4.15.